The predicted octanol–water partition coefficient (Wildman–Crippen LogP) is 8.45. The zero-order valence-corrected chi connectivity index (χ0v) is 17.4. The van der Waals surface area contributed by atoms with Crippen LogP contribution in [0.15, 0.2) is 0 Å². The second-order valence-electron chi connectivity index (χ2n) is 7.67. The Morgan fingerprint density at radius 2 is 0.917 bits per heavy atom. The van der Waals surface area contributed by atoms with E-state index in [9.17, 15) is 0 Å². The van der Waals surface area contributed by atoms with Crippen molar-refractivity contribution in [3.05, 3.63) is 0 Å². The molecular formula is C23H48O. The third-order valence-electron chi connectivity index (χ3n) is 5.09. The molecule has 0 aliphatic heterocycles. The Hall–Kier alpha value is -0.0400. The van der Waals surface area contributed by atoms with Gasteiger partial charge in [-0.05, 0) is 19.3 Å². The van der Waals surface area contributed by atoms with Crippen LogP contribution in [0.3, 0.4) is 0 Å². The lowest BCUT2D eigenvalue weighted by atomic mass is 10.0. The molecule has 146 valence electrons. The summed E-state index contributed by atoms with van der Waals surface area (Å²) in [6.45, 7) is 7.86. The van der Waals surface area contributed by atoms with Gasteiger partial charge in [-0.3, -0.25) is 0 Å². The smallest absolute Gasteiger partial charge is 0.0575 e. The molecule has 0 fully saturated rings. The molecule has 0 bridgehead atoms. The third kappa shape index (κ3) is 18.3. The van der Waals surface area contributed by atoms with Gasteiger partial charge in [-0.2, -0.15) is 0 Å². The zero-order valence-electron chi connectivity index (χ0n) is 17.4. The lowest BCUT2D eigenvalue weighted by Gasteiger charge is -2.17. The summed E-state index contributed by atoms with van der Waals surface area (Å²) >= 11 is 0. The topological polar surface area (TPSA) is 9.23 Å². The predicted molar refractivity (Wildman–Crippen MR) is 110 cm³/mol. The molecule has 0 aliphatic carbocycles. The first-order valence-corrected chi connectivity index (χ1v) is 11.5. The Morgan fingerprint density at radius 3 is 1.42 bits per heavy atom. The second kappa shape index (κ2) is 21.0. The highest BCUT2D eigenvalue weighted by atomic mass is 16.5. The summed E-state index contributed by atoms with van der Waals surface area (Å²) < 4.78 is 6.17. The fourth-order valence-electron chi connectivity index (χ4n) is 3.45. The fourth-order valence-corrected chi connectivity index (χ4v) is 3.45. The molecule has 0 radical (unpaired) electrons. The highest BCUT2D eigenvalue weighted by Gasteiger charge is 2.07. The van der Waals surface area contributed by atoms with E-state index in [0.29, 0.717) is 6.10 Å². The maximum absolute atomic E-state index is 6.17. The standard InChI is InChI=1S/C23H48O/c1-4-7-9-11-13-15-17-19-22-24-23(20-6-3)21-18-16-14-12-10-8-5-2/h23H,4-22H2,1-3H3. The molecule has 24 heavy (non-hydrogen) atoms. The second-order valence-corrected chi connectivity index (χ2v) is 7.67. The maximum atomic E-state index is 6.17. The molecule has 0 aliphatic rings. The first-order valence-electron chi connectivity index (χ1n) is 11.5. The van der Waals surface area contributed by atoms with Crippen LogP contribution in [-0.4, -0.2) is 12.7 Å². The van der Waals surface area contributed by atoms with Crippen LogP contribution in [0.4, 0.5) is 0 Å². The van der Waals surface area contributed by atoms with E-state index in [-0.39, 0.29) is 0 Å². The van der Waals surface area contributed by atoms with Gasteiger partial charge in [-0.1, -0.05) is 117 Å². The largest absolute Gasteiger partial charge is 0.378 e. The van der Waals surface area contributed by atoms with E-state index in [1.54, 1.807) is 0 Å². The normalized spacial score (nSPS) is 12.6. The Balaban J connectivity index is 3.42. The van der Waals surface area contributed by atoms with Gasteiger partial charge in [0.1, 0.15) is 0 Å². The molecule has 0 amide bonds. The molecule has 0 aromatic carbocycles. The van der Waals surface area contributed by atoms with Gasteiger partial charge in [0, 0.05) is 6.61 Å². The lowest BCUT2D eigenvalue weighted by Crippen LogP contribution is -2.13. The van der Waals surface area contributed by atoms with Crippen molar-refractivity contribution in [3.8, 4) is 0 Å². The molecule has 1 unspecified atom stereocenters. The van der Waals surface area contributed by atoms with Gasteiger partial charge in [0.2, 0.25) is 0 Å². The van der Waals surface area contributed by atoms with Crippen molar-refractivity contribution in [1.29, 1.82) is 0 Å². The van der Waals surface area contributed by atoms with Crippen molar-refractivity contribution in [2.45, 2.75) is 142 Å². The first kappa shape index (κ1) is 24.0. The quantitative estimate of drug-likeness (QED) is 0.202. The van der Waals surface area contributed by atoms with Gasteiger partial charge < -0.3 is 4.74 Å². The molecule has 1 nitrogen and oxygen atoms in total. The van der Waals surface area contributed by atoms with Gasteiger partial charge in [-0.25, -0.2) is 0 Å². The van der Waals surface area contributed by atoms with Crippen molar-refractivity contribution in [2.75, 3.05) is 6.61 Å². The maximum Gasteiger partial charge on any atom is 0.0575 e. The molecular weight excluding hydrogens is 292 g/mol. The summed E-state index contributed by atoms with van der Waals surface area (Å²) in [6.07, 6.45) is 25.3. The monoisotopic (exact) mass is 340 g/mol. The van der Waals surface area contributed by atoms with Crippen molar-refractivity contribution < 1.29 is 4.74 Å². The van der Waals surface area contributed by atoms with Crippen molar-refractivity contribution in [3.63, 3.8) is 0 Å². The van der Waals surface area contributed by atoms with Gasteiger partial charge in [-0.15, -0.1) is 0 Å². The minimum Gasteiger partial charge on any atom is -0.378 e. The number of rotatable bonds is 20. The van der Waals surface area contributed by atoms with Crippen molar-refractivity contribution in [2.24, 2.45) is 0 Å². The summed E-state index contributed by atoms with van der Waals surface area (Å²) in [6, 6.07) is 0. The lowest BCUT2D eigenvalue weighted by molar-refractivity contribution is 0.0370. The van der Waals surface area contributed by atoms with Crippen LogP contribution in [0.1, 0.15) is 136 Å². The van der Waals surface area contributed by atoms with E-state index >= 15 is 0 Å². The van der Waals surface area contributed by atoms with Crippen molar-refractivity contribution >= 4 is 0 Å². The summed E-state index contributed by atoms with van der Waals surface area (Å²) in [4.78, 5) is 0. The third-order valence-corrected chi connectivity index (χ3v) is 5.09. The van der Waals surface area contributed by atoms with Crippen LogP contribution in [-0.2, 0) is 4.74 Å². The van der Waals surface area contributed by atoms with E-state index in [1.165, 1.54) is 116 Å². The number of ether oxygens (including phenoxy) is 1. The SMILES string of the molecule is CCCCCCCCCCOC(CCC)CCCCCCCCC. The Morgan fingerprint density at radius 1 is 0.458 bits per heavy atom. The molecule has 0 aromatic rings. The summed E-state index contributed by atoms with van der Waals surface area (Å²) in [5.74, 6) is 0. The zero-order chi connectivity index (χ0) is 17.7. The molecule has 0 heterocycles. The van der Waals surface area contributed by atoms with Gasteiger partial charge >= 0.3 is 0 Å². The average molecular weight is 341 g/mol. The number of hydrogen-bond acceptors (Lipinski definition) is 1. The van der Waals surface area contributed by atoms with Crippen LogP contribution in [0.5, 0.6) is 0 Å². The Kier molecular flexibility index (Phi) is 21.0. The van der Waals surface area contributed by atoms with E-state index in [2.05, 4.69) is 20.8 Å². The summed E-state index contributed by atoms with van der Waals surface area (Å²) in [7, 11) is 0. The van der Waals surface area contributed by atoms with Gasteiger partial charge in [0.05, 0.1) is 6.10 Å². The van der Waals surface area contributed by atoms with Crippen LogP contribution in [0, 0.1) is 0 Å². The minimum absolute atomic E-state index is 0.537. The first-order chi connectivity index (χ1) is 11.8. The summed E-state index contributed by atoms with van der Waals surface area (Å²) in [5.41, 5.74) is 0. The molecule has 0 N–H and O–H groups in total. The highest BCUT2D eigenvalue weighted by Crippen LogP contribution is 2.15. The number of unbranched alkanes of at least 4 members (excludes halogenated alkanes) is 13. The van der Waals surface area contributed by atoms with E-state index in [0.717, 1.165) is 6.61 Å². The number of hydrogen-bond donors (Lipinski definition) is 0. The van der Waals surface area contributed by atoms with E-state index < -0.39 is 0 Å². The van der Waals surface area contributed by atoms with E-state index in [4.69, 9.17) is 4.74 Å². The summed E-state index contributed by atoms with van der Waals surface area (Å²) in [5, 5.41) is 0. The molecule has 0 saturated heterocycles. The molecule has 0 rings (SSSR count). The van der Waals surface area contributed by atoms with Gasteiger partial charge in [0.25, 0.3) is 0 Å². The van der Waals surface area contributed by atoms with Crippen molar-refractivity contribution in [1.82, 2.24) is 0 Å². The molecule has 0 saturated carbocycles. The minimum atomic E-state index is 0.537. The molecule has 1 heteroatoms. The van der Waals surface area contributed by atoms with E-state index in [1.807, 2.05) is 0 Å². The van der Waals surface area contributed by atoms with Crippen LogP contribution >= 0.6 is 0 Å². The highest BCUT2D eigenvalue weighted by molar-refractivity contribution is 4.59. The molecule has 1 atom stereocenters. The molecule has 0 spiro atoms. The average Bonchev–Trinajstić information content (AvgIpc) is 2.59. The van der Waals surface area contributed by atoms with Crippen LogP contribution in [0.25, 0.3) is 0 Å². The fraction of sp³-hybridized carbons (Fsp3) is 1.00. The Labute approximate surface area is 154 Å². The molecule has 0 aromatic heterocycles. The van der Waals surface area contributed by atoms with Crippen LogP contribution < -0.4 is 0 Å². The Bertz CT molecular complexity index is 214. The van der Waals surface area contributed by atoms with Gasteiger partial charge in [0.15, 0.2) is 0 Å². The van der Waals surface area contributed by atoms with Crippen LogP contribution in [0.2, 0.25) is 0 Å².